The molecule has 0 spiro atoms. The molecule has 4 aromatic rings. The number of alkyl halides is 3. The van der Waals surface area contributed by atoms with Crippen LogP contribution in [0, 0.1) is 13.8 Å². The zero-order valence-electron chi connectivity index (χ0n) is 16.7. The zero-order valence-corrected chi connectivity index (χ0v) is 18.3. The van der Waals surface area contributed by atoms with Crippen molar-refractivity contribution in [1.29, 1.82) is 0 Å². The van der Waals surface area contributed by atoms with Crippen LogP contribution < -0.4 is 4.72 Å². The Kier molecular flexibility index (Phi) is 5.83. The number of carbonyl (C=O) groups is 1. The lowest BCUT2D eigenvalue weighted by Crippen LogP contribution is -2.11. The number of ketones is 1. The number of pyridine rings is 1. The van der Waals surface area contributed by atoms with Crippen molar-refractivity contribution in [3.63, 3.8) is 0 Å². The van der Waals surface area contributed by atoms with Crippen molar-refractivity contribution in [3.05, 3.63) is 76.1 Å². The summed E-state index contributed by atoms with van der Waals surface area (Å²) in [6.07, 6.45) is -1.38. The number of aromatic nitrogens is 4. The molecule has 11 heteroatoms. The van der Waals surface area contributed by atoms with E-state index in [-0.39, 0.29) is 21.3 Å². The number of aromatic amines is 1. The Morgan fingerprint density at radius 3 is 2.66 bits per heavy atom. The lowest BCUT2D eigenvalue weighted by atomic mass is 10.1. The number of H-pyrrole nitrogens is 1. The highest BCUT2D eigenvalue weighted by Crippen LogP contribution is 2.37. The minimum absolute atomic E-state index is 0.0914. The highest BCUT2D eigenvalue weighted by atomic mass is 35.5. The topological polar surface area (TPSA) is 83.6 Å². The van der Waals surface area contributed by atoms with Crippen molar-refractivity contribution >= 4 is 46.1 Å². The number of anilines is 1. The molecule has 1 aromatic carbocycles. The Labute approximate surface area is 189 Å². The lowest BCUT2D eigenvalue weighted by molar-refractivity contribution is -0.137. The quantitative estimate of drug-likeness (QED) is 0.271. The minimum Gasteiger partial charge on any atom is -0.346 e. The Bertz CT molecular complexity index is 1340. The van der Waals surface area contributed by atoms with Crippen molar-refractivity contribution in [2.24, 2.45) is 0 Å². The molecular formula is C21H15ClF3N5OS. The van der Waals surface area contributed by atoms with E-state index in [4.69, 9.17) is 11.6 Å². The first-order valence-corrected chi connectivity index (χ1v) is 10.5. The van der Waals surface area contributed by atoms with Gasteiger partial charge in [0, 0.05) is 22.7 Å². The smallest absolute Gasteiger partial charge is 0.346 e. The van der Waals surface area contributed by atoms with Crippen LogP contribution in [0.3, 0.4) is 0 Å². The summed E-state index contributed by atoms with van der Waals surface area (Å²) >= 11 is 6.60. The summed E-state index contributed by atoms with van der Waals surface area (Å²) in [7, 11) is 0. The molecule has 0 fully saturated rings. The van der Waals surface area contributed by atoms with E-state index in [1.807, 2.05) is 0 Å². The molecule has 0 unspecified atom stereocenters. The summed E-state index contributed by atoms with van der Waals surface area (Å²) in [5.74, 6) is -0.0181. The second-order valence-electron chi connectivity index (χ2n) is 6.94. The maximum absolute atomic E-state index is 13.3. The highest BCUT2D eigenvalue weighted by Gasteiger charge is 2.33. The molecule has 0 aliphatic carbocycles. The maximum atomic E-state index is 13.3. The van der Waals surface area contributed by atoms with Gasteiger partial charge in [-0.3, -0.25) is 9.78 Å². The summed E-state index contributed by atoms with van der Waals surface area (Å²) < 4.78 is 42.4. The first-order valence-electron chi connectivity index (χ1n) is 9.26. The number of benzene rings is 1. The van der Waals surface area contributed by atoms with Gasteiger partial charge in [0.2, 0.25) is 5.78 Å². The van der Waals surface area contributed by atoms with Gasteiger partial charge >= 0.3 is 6.18 Å². The van der Waals surface area contributed by atoms with E-state index in [1.54, 1.807) is 32.2 Å². The van der Waals surface area contributed by atoms with Crippen LogP contribution in [0.4, 0.5) is 18.9 Å². The number of aryl methyl sites for hydroxylation is 2. The molecule has 164 valence electrons. The van der Waals surface area contributed by atoms with Crippen LogP contribution in [0.5, 0.6) is 0 Å². The maximum Gasteiger partial charge on any atom is 0.417 e. The minimum atomic E-state index is -4.58. The fourth-order valence-corrected chi connectivity index (χ4v) is 3.99. The Hall–Kier alpha value is -3.11. The molecule has 32 heavy (non-hydrogen) atoms. The largest absolute Gasteiger partial charge is 0.417 e. The number of halogens is 4. The van der Waals surface area contributed by atoms with Crippen LogP contribution in [0.25, 0.3) is 11.0 Å². The molecule has 3 aromatic heterocycles. The third-order valence-corrected chi connectivity index (χ3v) is 5.65. The molecular weight excluding hydrogens is 463 g/mol. The molecule has 4 rings (SSSR count). The number of carbonyl (C=O) groups excluding carboxylic acids is 1. The van der Waals surface area contributed by atoms with Crippen LogP contribution >= 0.6 is 23.5 Å². The van der Waals surface area contributed by atoms with Gasteiger partial charge in [-0.1, -0.05) is 11.6 Å². The number of hydrogen-bond donors (Lipinski definition) is 2. The van der Waals surface area contributed by atoms with Gasteiger partial charge in [-0.05, 0) is 61.7 Å². The van der Waals surface area contributed by atoms with Crippen LogP contribution in [0.15, 0.2) is 47.6 Å². The summed E-state index contributed by atoms with van der Waals surface area (Å²) in [6.45, 7) is 3.47. The van der Waals surface area contributed by atoms with Gasteiger partial charge in [-0.2, -0.15) is 13.2 Å². The van der Waals surface area contributed by atoms with E-state index >= 15 is 0 Å². The molecule has 0 amide bonds. The van der Waals surface area contributed by atoms with E-state index in [0.717, 1.165) is 23.6 Å². The molecule has 2 N–H and O–H groups in total. The van der Waals surface area contributed by atoms with Crippen molar-refractivity contribution < 1.29 is 18.0 Å². The Morgan fingerprint density at radius 1 is 1.12 bits per heavy atom. The normalized spacial score (nSPS) is 11.7. The van der Waals surface area contributed by atoms with Gasteiger partial charge < -0.3 is 9.71 Å². The van der Waals surface area contributed by atoms with Gasteiger partial charge in [0.05, 0.1) is 16.3 Å². The standard InChI is InChI=1S/C21H15ClF3N5OS/c1-10-7-16(30-32-12-3-4-15(22)14(8-12)21(23,24)25)18(27-9-10)19(31)17-13-5-6-26-20(13)29-11(2)28-17/h3-9,30H,1-2H3,(H,26,28,29). The second kappa shape index (κ2) is 8.44. The van der Waals surface area contributed by atoms with Gasteiger partial charge in [-0.25, -0.2) is 9.97 Å². The molecule has 0 bridgehead atoms. The molecule has 0 atom stereocenters. The van der Waals surface area contributed by atoms with E-state index in [2.05, 4.69) is 24.7 Å². The molecule has 0 saturated carbocycles. The van der Waals surface area contributed by atoms with Gasteiger partial charge in [-0.15, -0.1) is 0 Å². The van der Waals surface area contributed by atoms with Crippen molar-refractivity contribution in [3.8, 4) is 0 Å². The number of fused-ring (bicyclic) bond motifs is 1. The Morgan fingerprint density at radius 2 is 1.91 bits per heavy atom. The van der Waals surface area contributed by atoms with E-state index in [0.29, 0.717) is 22.5 Å². The molecule has 6 nitrogen and oxygen atoms in total. The molecule has 3 heterocycles. The predicted molar refractivity (Wildman–Crippen MR) is 117 cm³/mol. The van der Waals surface area contributed by atoms with Crippen molar-refractivity contribution in [2.45, 2.75) is 24.9 Å². The number of nitrogens with one attached hydrogen (secondary N) is 2. The third kappa shape index (κ3) is 4.42. The zero-order chi connectivity index (χ0) is 23.0. The molecule has 0 aliphatic rings. The summed E-state index contributed by atoms with van der Waals surface area (Å²) in [4.78, 5) is 29.3. The highest BCUT2D eigenvalue weighted by molar-refractivity contribution is 8.00. The van der Waals surface area contributed by atoms with E-state index < -0.39 is 17.5 Å². The lowest BCUT2D eigenvalue weighted by Gasteiger charge is -2.13. The molecule has 0 radical (unpaired) electrons. The summed E-state index contributed by atoms with van der Waals surface area (Å²) in [5.41, 5.74) is 0.984. The monoisotopic (exact) mass is 477 g/mol. The summed E-state index contributed by atoms with van der Waals surface area (Å²) in [5, 5.41) is 0.165. The van der Waals surface area contributed by atoms with Crippen molar-refractivity contribution in [1.82, 2.24) is 19.9 Å². The molecule has 0 aliphatic heterocycles. The average Bonchev–Trinajstić information content (AvgIpc) is 3.19. The second-order valence-corrected chi connectivity index (χ2v) is 8.23. The van der Waals surface area contributed by atoms with E-state index in [9.17, 15) is 18.0 Å². The third-order valence-electron chi connectivity index (χ3n) is 4.50. The van der Waals surface area contributed by atoms with Gasteiger partial charge in [0.15, 0.2) is 0 Å². The Balaban J connectivity index is 1.68. The van der Waals surface area contributed by atoms with E-state index in [1.165, 1.54) is 18.3 Å². The number of hydrogen-bond acceptors (Lipinski definition) is 6. The SMILES string of the molecule is Cc1cnc(C(=O)c2nc(C)nc3[nH]ccc23)c(NSc2ccc(Cl)c(C(F)(F)F)c2)c1. The molecule has 0 saturated heterocycles. The fraction of sp³-hybridized carbons (Fsp3) is 0.143. The van der Waals surface area contributed by atoms with Crippen LogP contribution in [-0.4, -0.2) is 25.7 Å². The predicted octanol–water partition coefficient (Wildman–Crippen LogP) is 5.99. The first kappa shape index (κ1) is 22.1. The summed E-state index contributed by atoms with van der Waals surface area (Å²) in [6, 6.07) is 6.97. The van der Waals surface area contributed by atoms with Gasteiger partial charge in [0.1, 0.15) is 22.9 Å². The first-order chi connectivity index (χ1) is 15.1. The number of nitrogens with zero attached hydrogens (tertiary/aromatic N) is 3. The fourth-order valence-electron chi connectivity index (χ4n) is 3.07. The van der Waals surface area contributed by atoms with Crippen molar-refractivity contribution in [2.75, 3.05) is 4.72 Å². The van der Waals surface area contributed by atoms with Crippen LogP contribution in [0.1, 0.15) is 33.1 Å². The van der Waals surface area contributed by atoms with Crippen LogP contribution in [-0.2, 0) is 6.18 Å². The average molecular weight is 478 g/mol. The van der Waals surface area contributed by atoms with Crippen LogP contribution in [0.2, 0.25) is 5.02 Å². The number of rotatable bonds is 5. The van der Waals surface area contributed by atoms with Gasteiger partial charge in [0.25, 0.3) is 0 Å².